The fraction of sp³-hybridized carbons (Fsp3) is 0.333. The van der Waals surface area contributed by atoms with Gasteiger partial charge in [-0.05, 0) is 55.2 Å². The Morgan fingerprint density at radius 1 is 1.06 bits per heavy atom. The molecule has 0 spiro atoms. The topological polar surface area (TPSA) is 105 Å². The zero-order chi connectivity index (χ0) is 25.1. The molecule has 1 atom stereocenters. The number of rotatable bonds is 7. The lowest BCUT2D eigenvalue weighted by atomic mass is 9.81. The molecule has 5 rings (SSSR count). The molecular weight excluding hydrogens is 456 g/mol. The molecule has 2 N–H and O–H groups in total. The summed E-state index contributed by atoms with van der Waals surface area (Å²) >= 11 is 0. The fourth-order valence-electron chi connectivity index (χ4n) is 4.59. The Bertz CT molecular complexity index is 1250. The monoisotopic (exact) mass is 486 g/mol. The van der Waals surface area contributed by atoms with Crippen LogP contribution >= 0.6 is 0 Å². The molecular formula is C27H30N6O3. The predicted molar refractivity (Wildman–Crippen MR) is 135 cm³/mol. The van der Waals surface area contributed by atoms with E-state index < -0.39 is 5.41 Å². The van der Waals surface area contributed by atoms with Crippen LogP contribution in [0.25, 0.3) is 11.4 Å². The van der Waals surface area contributed by atoms with Crippen LogP contribution < -0.4 is 14.9 Å². The van der Waals surface area contributed by atoms with Crippen LogP contribution in [-0.2, 0) is 11.4 Å². The quantitative estimate of drug-likeness (QED) is 0.484. The van der Waals surface area contributed by atoms with E-state index in [2.05, 4.69) is 50.4 Å². The predicted octanol–water partition coefficient (Wildman–Crippen LogP) is 4.14. The van der Waals surface area contributed by atoms with E-state index in [0.29, 0.717) is 23.9 Å². The summed E-state index contributed by atoms with van der Waals surface area (Å²) in [6.07, 6.45) is 10.4. The lowest BCUT2D eigenvalue weighted by Gasteiger charge is -2.24. The number of carbonyl (C=O) groups is 1. The second-order valence-corrected chi connectivity index (χ2v) is 9.51. The van der Waals surface area contributed by atoms with Crippen molar-refractivity contribution in [1.29, 1.82) is 0 Å². The summed E-state index contributed by atoms with van der Waals surface area (Å²) < 4.78 is 11.7. The number of methoxy groups -OCH3 is 1. The molecule has 3 aromatic rings. The first-order valence-electron chi connectivity index (χ1n) is 12.0. The second-order valence-electron chi connectivity index (χ2n) is 9.51. The molecule has 2 heterocycles. The largest absolute Gasteiger partial charge is 0.493 e. The summed E-state index contributed by atoms with van der Waals surface area (Å²) in [6.45, 7) is 4.32. The molecule has 186 valence electrons. The number of aromatic amines is 1. The molecule has 2 aliphatic rings. The molecule has 0 radical (unpaired) electrons. The van der Waals surface area contributed by atoms with Crippen LogP contribution in [0.1, 0.15) is 43.9 Å². The second kappa shape index (κ2) is 9.94. The molecule has 1 unspecified atom stereocenters. The van der Waals surface area contributed by atoms with Gasteiger partial charge < -0.3 is 9.47 Å². The number of hydrazine groups is 1. The van der Waals surface area contributed by atoms with Crippen LogP contribution in [0.2, 0.25) is 0 Å². The standard InChI is InChI=1S/C27H30N6O3/c1-27(2)24(30-33(26(27)34)21-8-6-4-5-7-9-21)20-14-15-22(35-3)23(16-20)36-17-18-10-12-19(13-11-18)25-28-31-32-29-25/h6-16,21,24,30H,4-5,17H2,1-3H3,(H,28,29,31,32). The first-order valence-corrected chi connectivity index (χ1v) is 12.0. The molecule has 1 aliphatic carbocycles. The molecule has 36 heavy (non-hydrogen) atoms. The molecule has 0 bridgehead atoms. The van der Waals surface area contributed by atoms with Crippen molar-refractivity contribution in [2.75, 3.05) is 7.11 Å². The van der Waals surface area contributed by atoms with E-state index in [4.69, 9.17) is 9.47 Å². The molecule has 9 heteroatoms. The molecule has 0 saturated carbocycles. The van der Waals surface area contributed by atoms with E-state index in [1.54, 1.807) is 12.1 Å². The van der Waals surface area contributed by atoms with E-state index in [1.807, 2.05) is 56.3 Å². The van der Waals surface area contributed by atoms with Gasteiger partial charge >= 0.3 is 0 Å². The molecule has 1 saturated heterocycles. The minimum absolute atomic E-state index is 0.0636. The van der Waals surface area contributed by atoms with Gasteiger partial charge in [0.15, 0.2) is 11.5 Å². The van der Waals surface area contributed by atoms with Crippen molar-refractivity contribution in [3.63, 3.8) is 0 Å². The number of nitrogens with zero attached hydrogens (tertiary/aromatic N) is 4. The number of hydrogen-bond acceptors (Lipinski definition) is 7. The number of H-pyrrole nitrogens is 1. The molecule has 1 fully saturated rings. The smallest absolute Gasteiger partial charge is 0.245 e. The van der Waals surface area contributed by atoms with Crippen molar-refractivity contribution in [2.24, 2.45) is 5.41 Å². The van der Waals surface area contributed by atoms with Gasteiger partial charge in [-0.3, -0.25) is 9.80 Å². The normalized spacial score (nSPS) is 19.5. The van der Waals surface area contributed by atoms with Gasteiger partial charge in [-0.25, -0.2) is 5.43 Å². The van der Waals surface area contributed by atoms with Crippen molar-refractivity contribution in [2.45, 2.75) is 45.4 Å². The highest BCUT2D eigenvalue weighted by molar-refractivity contribution is 5.85. The number of ether oxygens (including phenoxy) is 2. The van der Waals surface area contributed by atoms with Crippen LogP contribution in [-0.4, -0.2) is 44.7 Å². The highest BCUT2D eigenvalue weighted by Gasteiger charge is 2.49. The molecule has 9 nitrogen and oxygen atoms in total. The van der Waals surface area contributed by atoms with Gasteiger partial charge in [-0.2, -0.15) is 5.21 Å². The van der Waals surface area contributed by atoms with Gasteiger partial charge in [0.25, 0.3) is 0 Å². The number of tetrazole rings is 1. The zero-order valence-electron chi connectivity index (χ0n) is 20.6. The number of carbonyl (C=O) groups excluding carboxylic acids is 1. The van der Waals surface area contributed by atoms with Gasteiger partial charge in [0, 0.05) is 5.56 Å². The van der Waals surface area contributed by atoms with Gasteiger partial charge in [-0.15, -0.1) is 10.2 Å². The lowest BCUT2D eigenvalue weighted by molar-refractivity contribution is -0.136. The average molecular weight is 487 g/mol. The summed E-state index contributed by atoms with van der Waals surface area (Å²) in [5, 5.41) is 15.8. The Morgan fingerprint density at radius 2 is 1.81 bits per heavy atom. The Hall–Kier alpha value is -3.98. The Labute approximate surface area is 210 Å². The van der Waals surface area contributed by atoms with E-state index in [0.717, 1.165) is 29.5 Å². The van der Waals surface area contributed by atoms with E-state index in [-0.39, 0.29) is 18.0 Å². The van der Waals surface area contributed by atoms with Crippen LogP contribution in [0.4, 0.5) is 0 Å². The molecule has 1 aliphatic heterocycles. The number of nitrogens with one attached hydrogen (secondary N) is 2. The Morgan fingerprint density at radius 3 is 2.47 bits per heavy atom. The third-order valence-corrected chi connectivity index (χ3v) is 6.70. The fourth-order valence-corrected chi connectivity index (χ4v) is 4.59. The maximum Gasteiger partial charge on any atom is 0.245 e. The van der Waals surface area contributed by atoms with E-state index in [9.17, 15) is 4.79 Å². The van der Waals surface area contributed by atoms with Crippen molar-refractivity contribution < 1.29 is 14.3 Å². The highest BCUT2D eigenvalue weighted by atomic mass is 16.5. The van der Waals surface area contributed by atoms with Crippen molar-refractivity contribution >= 4 is 5.91 Å². The van der Waals surface area contributed by atoms with Gasteiger partial charge in [0.2, 0.25) is 11.7 Å². The third-order valence-electron chi connectivity index (χ3n) is 6.70. The summed E-state index contributed by atoms with van der Waals surface area (Å²) in [5.41, 5.74) is 5.65. The van der Waals surface area contributed by atoms with E-state index >= 15 is 0 Å². The average Bonchev–Trinajstić information content (AvgIpc) is 3.41. The summed E-state index contributed by atoms with van der Waals surface area (Å²) in [5.74, 6) is 1.86. The van der Waals surface area contributed by atoms with E-state index in [1.165, 1.54) is 0 Å². The van der Waals surface area contributed by atoms with Crippen molar-refractivity contribution in [3.05, 3.63) is 77.9 Å². The van der Waals surface area contributed by atoms with Crippen molar-refractivity contribution in [3.8, 4) is 22.9 Å². The lowest BCUT2D eigenvalue weighted by Crippen LogP contribution is -2.42. The van der Waals surface area contributed by atoms with Gasteiger partial charge in [0.05, 0.1) is 24.6 Å². The number of amides is 1. The first kappa shape index (κ1) is 23.7. The van der Waals surface area contributed by atoms with Crippen LogP contribution in [0.3, 0.4) is 0 Å². The summed E-state index contributed by atoms with van der Waals surface area (Å²) in [7, 11) is 1.62. The van der Waals surface area contributed by atoms with Gasteiger partial charge in [-0.1, -0.05) is 54.6 Å². The molecule has 1 amide bonds. The SMILES string of the molecule is COc1ccc(C2NN(C3C=CCCC=C3)C(=O)C2(C)C)cc1OCc1ccc(-c2nn[nH]n2)cc1. The molecule has 1 aromatic heterocycles. The number of benzene rings is 2. The van der Waals surface area contributed by atoms with Crippen molar-refractivity contribution in [1.82, 2.24) is 31.1 Å². The molecule has 2 aromatic carbocycles. The number of aromatic nitrogens is 4. The Kier molecular flexibility index (Phi) is 6.56. The van der Waals surface area contributed by atoms with Crippen LogP contribution in [0.5, 0.6) is 11.5 Å². The maximum absolute atomic E-state index is 13.4. The summed E-state index contributed by atoms with van der Waals surface area (Å²) in [4.78, 5) is 13.4. The van der Waals surface area contributed by atoms with Crippen LogP contribution in [0, 0.1) is 5.41 Å². The minimum Gasteiger partial charge on any atom is -0.493 e. The number of allylic oxidation sites excluding steroid dienone is 2. The maximum atomic E-state index is 13.4. The Balaban J connectivity index is 1.35. The van der Waals surface area contributed by atoms with Crippen LogP contribution in [0.15, 0.2) is 66.8 Å². The number of hydrogen-bond donors (Lipinski definition) is 2. The third kappa shape index (κ3) is 4.61. The first-order chi connectivity index (χ1) is 17.5. The zero-order valence-corrected chi connectivity index (χ0v) is 20.6. The minimum atomic E-state index is -0.634. The highest BCUT2D eigenvalue weighted by Crippen LogP contribution is 2.43. The summed E-state index contributed by atoms with van der Waals surface area (Å²) in [6, 6.07) is 13.3. The van der Waals surface area contributed by atoms with Gasteiger partial charge in [0.1, 0.15) is 6.61 Å².